The van der Waals surface area contributed by atoms with Gasteiger partial charge in [-0.15, -0.1) is 12.4 Å². The summed E-state index contributed by atoms with van der Waals surface area (Å²) in [5.41, 5.74) is 2.22. The second kappa shape index (κ2) is 12.8. The second-order valence-electron chi connectivity index (χ2n) is 6.78. The molecule has 0 saturated carbocycles. The van der Waals surface area contributed by atoms with Gasteiger partial charge < -0.3 is 24.2 Å². The maximum Gasteiger partial charge on any atom is 0.409 e. The van der Waals surface area contributed by atoms with E-state index in [9.17, 15) is 9.90 Å². The van der Waals surface area contributed by atoms with Crippen LogP contribution in [0.2, 0.25) is 0 Å². The molecule has 1 N–H and O–H groups in total. The zero-order valence-electron chi connectivity index (χ0n) is 17.1. The lowest BCUT2D eigenvalue weighted by atomic mass is 10.1. The van der Waals surface area contributed by atoms with Crippen molar-refractivity contribution in [3.63, 3.8) is 0 Å². The van der Waals surface area contributed by atoms with Crippen LogP contribution in [0.1, 0.15) is 18.1 Å². The number of aliphatic hydroxyl groups is 1. The topological polar surface area (TPSA) is 71.5 Å². The average molecular weight is 417 g/mol. The van der Waals surface area contributed by atoms with Crippen molar-refractivity contribution < 1.29 is 24.1 Å². The van der Waals surface area contributed by atoms with Crippen LogP contribution in [0.5, 0.6) is 5.75 Å². The van der Waals surface area contributed by atoms with Gasteiger partial charge in [-0.3, -0.25) is 4.90 Å². The summed E-state index contributed by atoms with van der Waals surface area (Å²) in [5, 5.41) is 10.2. The van der Waals surface area contributed by atoms with Crippen LogP contribution < -0.4 is 4.74 Å². The quantitative estimate of drug-likeness (QED) is 0.622. The molecule has 1 amide bonds. The van der Waals surface area contributed by atoms with E-state index in [0.717, 1.165) is 30.0 Å². The Morgan fingerprint density at radius 3 is 2.39 bits per heavy atom. The summed E-state index contributed by atoms with van der Waals surface area (Å²) in [4.78, 5) is 15.5. The van der Waals surface area contributed by atoms with Crippen LogP contribution in [-0.2, 0) is 9.47 Å². The van der Waals surface area contributed by atoms with Crippen molar-refractivity contribution in [3.05, 3.63) is 29.3 Å². The van der Waals surface area contributed by atoms with Gasteiger partial charge >= 0.3 is 6.09 Å². The van der Waals surface area contributed by atoms with Crippen LogP contribution in [0.3, 0.4) is 0 Å². The zero-order chi connectivity index (χ0) is 19.6. The van der Waals surface area contributed by atoms with Crippen molar-refractivity contribution in [2.75, 3.05) is 59.2 Å². The number of ether oxygens (including phenoxy) is 3. The first kappa shape index (κ1) is 24.5. The van der Waals surface area contributed by atoms with E-state index in [1.807, 2.05) is 32.0 Å². The molecule has 28 heavy (non-hydrogen) atoms. The minimum atomic E-state index is -0.556. The lowest BCUT2D eigenvalue weighted by molar-refractivity contribution is -0.000182. The lowest BCUT2D eigenvalue weighted by Gasteiger charge is -2.34. The number of rotatable bonds is 9. The van der Waals surface area contributed by atoms with Crippen molar-refractivity contribution >= 4 is 18.5 Å². The lowest BCUT2D eigenvalue weighted by Crippen LogP contribution is -2.51. The first-order chi connectivity index (χ1) is 13.0. The molecule has 1 heterocycles. The minimum absolute atomic E-state index is 0. The van der Waals surface area contributed by atoms with Crippen molar-refractivity contribution in [2.45, 2.75) is 26.9 Å². The highest BCUT2D eigenvalue weighted by Crippen LogP contribution is 2.22. The molecule has 1 aromatic rings. The fraction of sp³-hybridized carbons (Fsp3) is 0.650. The summed E-state index contributed by atoms with van der Waals surface area (Å²) >= 11 is 0. The van der Waals surface area contributed by atoms with Crippen molar-refractivity contribution in [3.8, 4) is 5.75 Å². The monoisotopic (exact) mass is 416 g/mol. The fourth-order valence-corrected chi connectivity index (χ4v) is 3.13. The number of para-hydroxylation sites is 1. The third kappa shape index (κ3) is 7.83. The number of nitrogens with zero attached hydrogens (tertiary/aromatic N) is 2. The van der Waals surface area contributed by atoms with E-state index in [0.29, 0.717) is 39.5 Å². The van der Waals surface area contributed by atoms with E-state index in [1.165, 1.54) is 0 Å². The second-order valence-corrected chi connectivity index (χ2v) is 6.78. The van der Waals surface area contributed by atoms with Crippen LogP contribution in [0.4, 0.5) is 4.79 Å². The van der Waals surface area contributed by atoms with Crippen LogP contribution >= 0.6 is 12.4 Å². The highest BCUT2D eigenvalue weighted by atomic mass is 35.5. The molecule has 1 unspecified atom stereocenters. The fourth-order valence-electron chi connectivity index (χ4n) is 3.13. The van der Waals surface area contributed by atoms with Crippen LogP contribution in [0.15, 0.2) is 18.2 Å². The van der Waals surface area contributed by atoms with E-state index in [4.69, 9.17) is 14.2 Å². The minimum Gasteiger partial charge on any atom is -0.491 e. The molecule has 8 heteroatoms. The van der Waals surface area contributed by atoms with Gasteiger partial charge in [0.25, 0.3) is 0 Å². The molecule has 0 spiro atoms. The molecule has 160 valence electrons. The first-order valence-corrected chi connectivity index (χ1v) is 9.60. The third-order valence-corrected chi connectivity index (χ3v) is 4.56. The molecule has 0 aliphatic carbocycles. The molecule has 1 saturated heterocycles. The number of piperazine rings is 1. The van der Waals surface area contributed by atoms with Crippen LogP contribution in [-0.4, -0.2) is 86.3 Å². The highest BCUT2D eigenvalue weighted by Gasteiger charge is 2.23. The number of hydrogen-bond acceptors (Lipinski definition) is 6. The Hall–Kier alpha value is -1.54. The molecule has 1 atom stereocenters. The predicted molar refractivity (Wildman–Crippen MR) is 111 cm³/mol. The number of benzene rings is 1. The van der Waals surface area contributed by atoms with Crippen LogP contribution in [0.25, 0.3) is 0 Å². The molecule has 1 aromatic carbocycles. The molecular weight excluding hydrogens is 384 g/mol. The Morgan fingerprint density at radius 2 is 1.79 bits per heavy atom. The number of hydrogen-bond donors (Lipinski definition) is 1. The molecule has 1 fully saturated rings. The number of amides is 1. The Morgan fingerprint density at radius 1 is 1.14 bits per heavy atom. The van der Waals surface area contributed by atoms with Gasteiger partial charge in [-0.05, 0) is 31.9 Å². The summed E-state index contributed by atoms with van der Waals surface area (Å²) < 4.78 is 16.3. The van der Waals surface area contributed by atoms with E-state index >= 15 is 0 Å². The molecule has 1 aliphatic rings. The van der Waals surface area contributed by atoms with E-state index in [-0.39, 0.29) is 25.1 Å². The maximum absolute atomic E-state index is 11.7. The standard InChI is InChI=1S/C20H32N2O5.ClH/c1-4-26-20(24)22-10-8-21(9-11-22)14-18(23)15-25-12-13-27-19-16(2)6-5-7-17(19)3;/h5-7,18,23H,4,8-15H2,1-3H3;1H. The number of aliphatic hydroxyl groups excluding tert-OH is 1. The summed E-state index contributed by atoms with van der Waals surface area (Å²) in [7, 11) is 0. The predicted octanol–water partition coefficient (Wildman–Crippen LogP) is 2.26. The summed E-state index contributed by atoms with van der Waals surface area (Å²) in [6.07, 6.45) is -0.815. The zero-order valence-corrected chi connectivity index (χ0v) is 17.9. The van der Waals surface area contributed by atoms with E-state index in [1.54, 1.807) is 11.8 Å². The average Bonchev–Trinajstić information content (AvgIpc) is 2.64. The Labute approximate surface area is 174 Å². The molecular formula is C20H33ClN2O5. The van der Waals surface area contributed by atoms with Gasteiger partial charge in [0.2, 0.25) is 0 Å². The van der Waals surface area contributed by atoms with Crippen LogP contribution in [0, 0.1) is 13.8 Å². The van der Waals surface area contributed by atoms with E-state index < -0.39 is 6.10 Å². The largest absolute Gasteiger partial charge is 0.491 e. The Balaban J connectivity index is 0.00000392. The molecule has 0 aromatic heterocycles. The number of halogens is 1. The maximum atomic E-state index is 11.7. The molecule has 0 bridgehead atoms. The smallest absolute Gasteiger partial charge is 0.409 e. The highest BCUT2D eigenvalue weighted by molar-refractivity contribution is 5.85. The van der Waals surface area contributed by atoms with Gasteiger partial charge in [0.05, 0.1) is 25.9 Å². The Bertz CT molecular complexity index is 574. The SMILES string of the molecule is CCOC(=O)N1CCN(CC(O)COCCOc2c(C)cccc2C)CC1.Cl. The summed E-state index contributed by atoms with van der Waals surface area (Å²) in [6.45, 7) is 10.6. The molecule has 2 rings (SSSR count). The number of aryl methyl sites for hydroxylation is 2. The van der Waals surface area contributed by atoms with E-state index in [2.05, 4.69) is 4.90 Å². The third-order valence-electron chi connectivity index (χ3n) is 4.56. The van der Waals surface area contributed by atoms with Gasteiger partial charge in [0.15, 0.2) is 0 Å². The van der Waals surface area contributed by atoms with Gasteiger partial charge in [-0.1, -0.05) is 18.2 Å². The van der Waals surface area contributed by atoms with Gasteiger partial charge in [-0.25, -0.2) is 4.79 Å². The van der Waals surface area contributed by atoms with Gasteiger partial charge in [-0.2, -0.15) is 0 Å². The van der Waals surface area contributed by atoms with Crippen molar-refractivity contribution in [1.82, 2.24) is 9.80 Å². The molecule has 7 nitrogen and oxygen atoms in total. The Kier molecular flexibility index (Phi) is 11.2. The van der Waals surface area contributed by atoms with Crippen molar-refractivity contribution in [1.29, 1.82) is 0 Å². The molecule has 1 aliphatic heterocycles. The first-order valence-electron chi connectivity index (χ1n) is 9.60. The normalized spacial score (nSPS) is 15.6. The van der Waals surface area contributed by atoms with Crippen molar-refractivity contribution in [2.24, 2.45) is 0 Å². The number of carbonyl (C=O) groups is 1. The van der Waals surface area contributed by atoms with Gasteiger partial charge in [0.1, 0.15) is 12.4 Å². The molecule has 0 radical (unpaired) electrons. The number of β-amino-alcohol motifs (C(OH)–C–C–N with tert-alkyl or cyclic N) is 1. The van der Waals surface area contributed by atoms with Gasteiger partial charge in [0, 0.05) is 32.7 Å². The summed E-state index contributed by atoms with van der Waals surface area (Å²) in [5.74, 6) is 0.904. The summed E-state index contributed by atoms with van der Waals surface area (Å²) in [6, 6.07) is 6.06. The number of carbonyl (C=O) groups excluding carboxylic acids is 1.